The first-order valence-corrected chi connectivity index (χ1v) is 10.5. The number of aromatic nitrogens is 1. The number of halogens is 2. The summed E-state index contributed by atoms with van der Waals surface area (Å²) in [5, 5.41) is 14.8. The van der Waals surface area contributed by atoms with E-state index in [0.717, 1.165) is 0 Å². The van der Waals surface area contributed by atoms with Crippen molar-refractivity contribution in [3.8, 4) is 10.4 Å². The zero-order chi connectivity index (χ0) is 22.5. The minimum absolute atomic E-state index is 0.0140. The highest BCUT2D eigenvalue weighted by molar-refractivity contribution is 7.14. The van der Waals surface area contributed by atoms with Crippen molar-refractivity contribution in [2.45, 2.75) is 6.92 Å². The number of aromatic carboxylic acids is 1. The normalized spacial score (nSPS) is 10.3. The van der Waals surface area contributed by atoms with Crippen LogP contribution in [0.3, 0.4) is 0 Å². The van der Waals surface area contributed by atoms with Gasteiger partial charge in [-0.3, -0.25) is 4.79 Å². The largest absolute Gasteiger partial charge is 0.478 e. The average Bonchev–Trinajstić information content (AvgIpc) is 3.33. The van der Waals surface area contributed by atoms with Gasteiger partial charge >= 0.3 is 11.9 Å². The Morgan fingerprint density at radius 2 is 1.81 bits per heavy atom. The van der Waals surface area contributed by atoms with E-state index in [1.165, 1.54) is 11.3 Å². The van der Waals surface area contributed by atoms with Crippen molar-refractivity contribution in [2.75, 3.05) is 5.32 Å². The van der Waals surface area contributed by atoms with E-state index in [4.69, 9.17) is 27.6 Å². The Kier molecular flexibility index (Phi) is 7.12. The third-order valence-corrected chi connectivity index (χ3v) is 5.42. The van der Waals surface area contributed by atoms with Crippen molar-refractivity contribution >= 4 is 63.2 Å². The Bertz CT molecular complexity index is 1260. The SMILES string of the molecule is C=CC.O=C(Nc1csc(-c2ccc(Cl)cc2)c1C(=O)O)c1nc2cc(Cl)ccc2o1. The molecule has 2 N–H and O–H groups in total. The second kappa shape index (κ2) is 9.78. The molecule has 2 heterocycles. The molecule has 0 atom stereocenters. The first-order chi connectivity index (χ1) is 14.8. The summed E-state index contributed by atoms with van der Waals surface area (Å²) < 4.78 is 5.42. The van der Waals surface area contributed by atoms with Gasteiger partial charge < -0.3 is 14.8 Å². The second-order valence-electron chi connectivity index (χ2n) is 6.16. The van der Waals surface area contributed by atoms with Gasteiger partial charge in [0.15, 0.2) is 5.58 Å². The third-order valence-electron chi connectivity index (χ3n) is 3.90. The number of amides is 1. The number of carbonyl (C=O) groups is 2. The number of benzene rings is 2. The molecule has 0 radical (unpaired) electrons. The summed E-state index contributed by atoms with van der Waals surface area (Å²) in [5.41, 5.74) is 1.67. The molecule has 0 bridgehead atoms. The zero-order valence-corrected chi connectivity index (χ0v) is 18.5. The Hall–Kier alpha value is -3.13. The number of rotatable bonds is 4. The van der Waals surface area contributed by atoms with Crippen molar-refractivity contribution < 1.29 is 19.1 Å². The van der Waals surface area contributed by atoms with Crippen LogP contribution in [0.25, 0.3) is 21.5 Å². The van der Waals surface area contributed by atoms with Gasteiger partial charge in [0.05, 0.1) is 10.6 Å². The van der Waals surface area contributed by atoms with E-state index in [1.54, 1.807) is 53.9 Å². The Balaban J connectivity index is 0.000000858. The Morgan fingerprint density at radius 1 is 1.16 bits per heavy atom. The van der Waals surface area contributed by atoms with Crippen LogP contribution < -0.4 is 5.32 Å². The second-order valence-corrected chi connectivity index (χ2v) is 7.91. The number of thiophene rings is 1. The molecule has 4 aromatic rings. The van der Waals surface area contributed by atoms with Gasteiger partial charge in [-0.25, -0.2) is 9.78 Å². The topological polar surface area (TPSA) is 92.4 Å². The van der Waals surface area contributed by atoms with Crippen LogP contribution >= 0.6 is 34.5 Å². The van der Waals surface area contributed by atoms with E-state index in [9.17, 15) is 14.7 Å². The number of nitrogens with zero attached hydrogens (tertiary/aromatic N) is 1. The van der Waals surface area contributed by atoms with E-state index in [0.29, 0.717) is 31.6 Å². The van der Waals surface area contributed by atoms with Crippen molar-refractivity contribution in [1.29, 1.82) is 0 Å². The van der Waals surface area contributed by atoms with Crippen LogP contribution in [0, 0.1) is 0 Å². The highest BCUT2D eigenvalue weighted by Gasteiger charge is 2.23. The fraction of sp³-hybridized carbons (Fsp3) is 0.0455. The maximum atomic E-state index is 12.5. The molecule has 158 valence electrons. The quantitative estimate of drug-likeness (QED) is 0.310. The molecule has 0 aliphatic heterocycles. The lowest BCUT2D eigenvalue weighted by Gasteiger charge is -2.04. The molecule has 6 nitrogen and oxygen atoms in total. The first-order valence-electron chi connectivity index (χ1n) is 8.89. The minimum atomic E-state index is -1.16. The summed E-state index contributed by atoms with van der Waals surface area (Å²) in [6.07, 6.45) is 1.75. The number of nitrogens with one attached hydrogen (secondary N) is 1. The predicted molar refractivity (Wildman–Crippen MR) is 125 cm³/mol. The van der Waals surface area contributed by atoms with Gasteiger partial charge in [-0.05, 0) is 42.8 Å². The van der Waals surface area contributed by atoms with Crippen LogP contribution in [0.15, 0.2) is 64.9 Å². The maximum absolute atomic E-state index is 12.5. The highest BCUT2D eigenvalue weighted by atomic mass is 35.5. The van der Waals surface area contributed by atoms with Crippen LogP contribution in [0.2, 0.25) is 10.0 Å². The van der Waals surface area contributed by atoms with Crippen LogP contribution in [0.1, 0.15) is 28.0 Å². The number of fused-ring (bicyclic) bond motifs is 1. The standard InChI is InChI=1S/C19H10Cl2N2O4S.C3H6/c20-10-3-1-9(2-4-10)16-15(19(25)26)13(8-28-16)22-17(24)18-23-12-7-11(21)5-6-14(12)27-18;1-3-2/h1-8H,(H,22,24)(H,25,26);3H,1H2,2H3. The van der Waals surface area contributed by atoms with Crippen LogP contribution in [-0.2, 0) is 0 Å². The zero-order valence-electron chi connectivity index (χ0n) is 16.2. The van der Waals surface area contributed by atoms with E-state index in [1.807, 2.05) is 6.92 Å². The number of carboxylic acids is 1. The fourth-order valence-corrected chi connectivity index (χ4v) is 3.94. The molecule has 0 saturated heterocycles. The van der Waals surface area contributed by atoms with Gasteiger partial charge in [0.25, 0.3) is 5.89 Å². The monoisotopic (exact) mass is 474 g/mol. The third kappa shape index (κ3) is 5.14. The van der Waals surface area contributed by atoms with Crippen molar-refractivity contribution in [3.05, 3.63) is 82.0 Å². The molecular formula is C22H16Cl2N2O4S. The molecule has 0 aliphatic carbocycles. The molecule has 0 saturated carbocycles. The molecule has 0 unspecified atom stereocenters. The summed E-state index contributed by atoms with van der Waals surface area (Å²) in [5.74, 6) is -2.01. The van der Waals surface area contributed by atoms with E-state index in [-0.39, 0.29) is 17.1 Å². The average molecular weight is 475 g/mol. The lowest BCUT2D eigenvalue weighted by atomic mass is 10.1. The van der Waals surface area contributed by atoms with Gasteiger partial charge in [-0.15, -0.1) is 17.9 Å². The van der Waals surface area contributed by atoms with Crippen LogP contribution in [0.5, 0.6) is 0 Å². The number of hydrogen-bond donors (Lipinski definition) is 2. The van der Waals surface area contributed by atoms with E-state index >= 15 is 0 Å². The molecule has 1 amide bonds. The number of allylic oxidation sites excluding steroid dienone is 1. The van der Waals surface area contributed by atoms with Crippen molar-refractivity contribution in [3.63, 3.8) is 0 Å². The molecule has 4 rings (SSSR count). The maximum Gasteiger partial charge on any atom is 0.339 e. The molecular weight excluding hydrogens is 459 g/mol. The summed E-state index contributed by atoms with van der Waals surface area (Å²) in [6.45, 7) is 5.25. The molecule has 0 fully saturated rings. The summed E-state index contributed by atoms with van der Waals surface area (Å²) in [6, 6.07) is 11.6. The number of carbonyl (C=O) groups excluding carboxylic acids is 1. The van der Waals surface area contributed by atoms with E-state index in [2.05, 4.69) is 16.9 Å². The summed E-state index contributed by atoms with van der Waals surface area (Å²) in [4.78, 5) is 28.9. The van der Waals surface area contributed by atoms with Crippen molar-refractivity contribution in [2.24, 2.45) is 0 Å². The lowest BCUT2D eigenvalue weighted by molar-refractivity contribution is 0.0699. The number of carboxylic acid groups (broad SMARTS) is 1. The fourth-order valence-electron chi connectivity index (χ4n) is 2.65. The molecule has 2 aromatic heterocycles. The van der Waals surface area contributed by atoms with Crippen molar-refractivity contribution in [1.82, 2.24) is 4.98 Å². The number of hydrogen-bond acceptors (Lipinski definition) is 5. The molecule has 0 aliphatic rings. The molecule has 2 aromatic carbocycles. The smallest absolute Gasteiger partial charge is 0.339 e. The summed E-state index contributed by atoms with van der Waals surface area (Å²) in [7, 11) is 0. The first kappa shape index (κ1) is 22.6. The van der Waals surface area contributed by atoms with Crippen LogP contribution in [0.4, 0.5) is 5.69 Å². The highest BCUT2D eigenvalue weighted by Crippen LogP contribution is 2.36. The van der Waals surface area contributed by atoms with Gasteiger partial charge in [0.1, 0.15) is 11.1 Å². The number of anilines is 1. The molecule has 9 heteroatoms. The minimum Gasteiger partial charge on any atom is -0.478 e. The number of oxazole rings is 1. The molecule has 31 heavy (non-hydrogen) atoms. The Morgan fingerprint density at radius 3 is 2.45 bits per heavy atom. The van der Waals surface area contributed by atoms with Crippen LogP contribution in [-0.4, -0.2) is 22.0 Å². The predicted octanol–water partition coefficient (Wildman–Crippen LogP) is 7.01. The van der Waals surface area contributed by atoms with Gasteiger partial charge in [0, 0.05) is 15.4 Å². The van der Waals surface area contributed by atoms with E-state index < -0.39 is 11.9 Å². The molecule has 0 spiro atoms. The van der Waals surface area contributed by atoms with Gasteiger partial charge in [-0.2, -0.15) is 0 Å². The van der Waals surface area contributed by atoms with Gasteiger partial charge in [0.2, 0.25) is 0 Å². The van der Waals surface area contributed by atoms with Gasteiger partial charge in [-0.1, -0.05) is 41.4 Å². The lowest BCUT2D eigenvalue weighted by Crippen LogP contribution is -2.14. The Labute approximate surface area is 191 Å². The summed E-state index contributed by atoms with van der Waals surface area (Å²) >= 11 is 13.0.